The predicted octanol–water partition coefficient (Wildman–Crippen LogP) is 1.23. The monoisotopic (exact) mass is 257 g/mol. The van der Waals surface area contributed by atoms with Crippen LogP contribution in [0.3, 0.4) is 0 Å². The number of aliphatic hydroxyl groups is 1. The number of hydrogen-bond acceptors (Lipinski definition) is 4. The van der Waals surface area contributed by atoms with Gasteiger partial charge in [0.25, 0.3) is 5.91 Å². The molecule has 0 atom stereocenters. The van der Waals surface area contributed by atoms with Crippen LogP contribution < -0.4 is 0 Å². The lowest BCUT2D eigenvalue weighted by molar-refractivity contribution is 0.0701. The number of benzene rings is 1. The molecule has 1 aromatic heterocycles. The normalized spacial score (nSPS) is 14.6. The van der Waals surface area contributed by atoms with Crippen molar-refractivity contribution in [2.24, 2.45) is 0 Å². The van der Waals surface area contributed by atoms with Crippen molar-refractivity contribution >= 4 is 16.9 Å². The van der Waals surface area contributed by atoms with E-state index in [-0.39, 0.29) is 18.6 Å². The number of amides is 1. The average Bonchev–Trinajstić information content (AvgIpc) is 3.28. The molecule has 2 aromatic rings. The van der Waals surface area contributed by atoms with Crippen LogP contribution in [0.25, 0.3) is 11.0 Å². The fourth-order valence-corrected chi connectivity index (χ4v) is 2.15. The molecule has 1 fully saturated rings. The lowest BCUT2D eigenvalue weighted by Crippen LogP contribution is -2.36. The summed E-state index contributed by atoms with van der Waals surface area (Å²) in [5, 5.41) is 9.05. The first-order valence-electron chi connectivity index (χ1n) is 6.43. The standard InChI is InChI=1S/C14H15N3O2/c18-8-7-17(10-5-6-10)14(19)13-9-15-11-3-1-2-4-12(11)16-13/h1-4,9-10,18H,5-8H2. The third-order valence-corrected chi connectivity index (χ3v) is 3.26. The van der Waals surface area contributed by atoms with E-state index >= 15 is 0 Å². The summed E-state index contributed by atoms with van der Waals surface area (Å²) < 4.78 is 0. The summed E-state index contributed by atoms with van der Waals surface area (Å²) in [4.78, 5) is 22.7. The van der Waals surface area contributed by atoms with Crippen LogP contribution in [0.2, 0.25) is 0 Å². The van der Waals surface area contributed by atoms with Crippen molar-refractivity contribution in [3.05, 3.63) is 36.2 Å². The molecule has 98 valence electrons. The van der Waals surface area contributed by atoms with E-state index in [1.807, 2.05) is 24.3 Å². The highest BCUT2D eigenvalue weighted by Gasteiger charge is 2.33. The number of carbonyl (C=O) groups excluding carboxylic acids is 1. The molecule has 0 radical (unpaired) electrons. The van der Waals surface area contributed by atoms with E-state index in [9.17, 15) is 4.79 Å². The molecule has 0 unspecified atom stereocenters. The van der Waals surface area contributed by atoms with Gasteiger partial charge >= 0.3 is 0 Å². The molecule has 3 rings (SSSR count). The molecule has 0 aliphatic heterocycles. The van der Waals surface area contributed by atoms with E-state index < -0.39 is 0 Å². The maximum absolute atomic E-state index is 12.4. The number of carbonyl (C=O) groups is 1. The first kappa shape index (κ1) is 12.0. The Morgan fingerprint density at radius 3 is 2.74 bits per heavy atom. The Bertz CT molecular complexity index is 610. The van der Waals surface area contributed by atoms with Gasteiger partial charge in [-0.2, -0.15) is 0 Å². The molecular formula is C14H15N3O2. The largest absolute Gasteiger partial charge is 0.395 e. The number of aliphatic hydroxyl groups excluding tert-OH is 1. The Balaban J connectivity index is 1.91. The minimum absolute atomic E-state index is 0.0246. The molecular weight excluding hydrogens is 242 g/mol. The number of rotatable bonds is 4. The van der Waals surface area contributed by atoms with E-state index in [0.717, 1.165) is 18.4 Å². The summed E-state index contributed by atoms with van der Waals surface area (Å²) in [6.07, 6.45) is 3.52. The minimum Gasteiger partial charge on any atom is -0.395 e. The molecule has 5 nitrogen and oxygen atoms in total. The van der Waals surface area contributed by atoms with Crippen molar-refractivity contribution in [3.63, 3.8) is 0 Å². The molecule has 1 amide bonds. The number of fused-ring (bicyclic) bond motifs is 1. The van der Waals surface area contributed by atoms with Crippen LogP contribution in [0, 0.1) is 0 Å². The van der Waals surface area contributed by atoms with Crippen molar-refractivity contribution in [1.29, 1.82) is 0 Å². The second-order valence-corrected chi connectivity index (χ2v) is 4.70. The van der Waals surface area contributed by atoms with Gasteiger partial charge < -0.3 is 10.0 Å². The quantitative estimate of drug-likeness (QED) is 0.894. The van der Waals surface area contributed by atoms with E-state index in [0.29, 0.717) is 17.8 Å². The zero-order chi connectivity index (χ0) is 13.2. The highest BCUT2D eigenvalue weighted by Crippen LogP contribution is 2.27. The molecule has 0 bridgehead atoms. The number of nitrogens with zero attached hydrogens (tertiary/aromatic N) is 3. The fraction of sp³-hybridized carbons (Fsp3) is 0.357. The maximum atomic E-state index is 12.4. The van der Waals surface area contributed by atoms with Crippen molar-refractivity contribution in [2.45, 2.75) is 18.9 Å². The second kappa shape index (κ2) is 4.93. The SMILES string of the molecule is O=C(c1cnc2ccccc2n1)N(CCO)C1CC1. The van der Waals surface area contributed by atoms with Gasteiger partial charge in [0.15, 0.2) is 0 Å². The van der Waals surface area contributed by atoms with Crippen molar-refractivity contribution in [2.75, 3.05) is 13.2 Å². The molecule has 19 heavy (non-hydrogen) atoms. The summed E-state index contributed by atoms with van der Waals surface area (Å²) in [6, 6.07) is 7.72. The topological polar surface area (TPSA) is 66.3 Å². The Morgan fingerprint density at radius 2 is 2.05 bits per heavy atom. The van der Waals surface area contributed by atoms with Crippen LogP contribution in [-0.2, 0) is 0 Å². The van der Waals surface area contributed by atoms with Crippen LogP contribution in [-0.4, -0.2) is 45.1 Å². The van der Waals surface area contributed by atoms with Gasteiger partial charge in [-0.15, -0.1) is 0 Å². The Labute approximate surface area is 110 Å². The first-order chi connectivity index (χ1) is 9.29. The van der Waals surface area contributed by atoms with Gasteiger partial charge in [-0.3, -0.25) is 9.78 Å². The van der Waals surface area contributed by atoms with Crippen LogP contribution in [0.1, 0.15) is 23.3 Å². The van der Waals surface area contributed by atoms with Gasteiger partial charge in [0.05, 0.1) is 23.8 Å². The van der Waals surface area contributed by atoms with Crippen molar-refractivity contribution < 1.29 is 9.90 Å². The third-order valence-electron chi connectivity index (χ3n) is 3.26. The molecule has 1 aliphatic carbocycles. The lowest BCUT2D eigenvalue weighted by atomic mass is 10.3. The average molecular weight is 257 g/mol. The molecule has 1 heterocycles. The maximum Gasteiger partial charge on any atom is 0.274 e. The Hall–Kier alpha value is -2.01. The summed E-state index contributed by atoms with van der Waals surface area (Å²) in [5.41, 5.74) is 1.84. The predicted molar refractivity (Wildman–Crippen MR) is 70.7 cm³/mol. The summed E-state index contributed by atoms with van der Waals surface area (Å²) in [5.74, 6) is -0.144. The van der Waals surface area contributed by atoms with Gasteiger partial charge in [0.1, 0.15) is 5.69 Å². The van der Waals surface area contributed by atoms with Gasteiger partial charge in [-0.05, 0) is 25.0 Å². The fourth-order valence-electron chi connectivity index (χ4n) is 2.15. The van der Waals surface area contributed by atoms with E-state index in [4.69, 9.17) is 5.11 Å². The van der Waals surface area contributed by atoms with E-state index in [1.54, 1.807) is 4.90 Å². The van der Waals surface area contributed by atoms with Crippen LogP contribution in [0.4, 0.5) is 0 Å². The molecule has 1 aromatic carbocycles. The number of hydrogen-bond donors (Lipinski definition) is 1. The van der Waals surface area contributed by atoms with E-state index in [2.05, 4.69) is 9.97 Å². The Kier molecular flexibility index (Phi) is 3.13. The van der Waals surface area contributed by atoms with Gasteiger partial charge in [-0.25, -0.2) is 4.98 Å². The van der Waals surface area contributed by atoms with Crippen LogP contribution in [0.15, 0.2) is 30.5 Å². The summed E-state index contributed by atoms with van der Waals surface area (Å²) in [6.45, 7) is 0.335. The highest BCUT2D eigenvalue weighted by atomic mass is 16.3. The zero-order valence-electron chi connectivity index (χ0n) is 10.5. The van der Waals surface area contributed by atoms with Gasteiger partial charge in [0, 0.05) is 12.6 Å². The second-order valence-electron chi connectivity index (χ2n) is 4.70. The molecule has 1 N–H and O–H groups in total. The molecule has 1 aliphatic rings. The summed E-state index contributed by atoms with van der Waals surface area (Å²) >= 11 is 0. The smallest absolute Gasteiger partial charge is 0.274 e. The van der Waals surface area contributed by atoms with Crippen LogP contribution in [0.5, 0.6) is 0 Å². The van der Waals surface area contributed by atoms with Crippen molar-refractivity contribution in [1.82, 2.24) is 14.9 Å². The molecule has 0 saturated heterocycles. The van der Waals surface area contributed by atoms with Crippen LogP contribution >= 0.6 is 0 Å². The van der Waals surface area contributed by atoms with E-state index in [1.165, 1.54) is 6.20 Å². The first-order valence-corrected chi connectivity index (χ1v) is 6.43. The minimum atomic E-state index is -0.144. The Morgan fingerprint density at radius 1 is 1.32 bits per heavy atom. The zero-order valence-corrected chi connectivity index (χ0v) is 10.5. The third kappa shape index (κ3) is 2.42. The highest BCUT2D eigenvalue weighted by molar-refractivity contribution is 5.94. The molecule has 0 spiro atoms. The number of para-hydroxylation sites is 2. The summed E-state index contributed by atoms with van der Waals surface area (Å²) in [7, 11) is 0. The van der Waals surface area contributed by atoms with Gasteiger partial charge in [-0.1, -0.05) is 12.1 Å². The molecule has 1 saturated carbocycles. The van der Waals surface area contributed by atoms with Crippen molar-refractivity contribution in [3.8, 4) is 0 Å². The number of aromatic nitrogens is 2. The van der Waals surface area contributed by atoms with Gasteiger partial charge in [0.2, 0.25) is 0 Å². The molecule has 5 heteroatoms. The lowest BCUT2D eigenvalue weighted by Gasteiger charge is -2.20.